The highest BCUT2D eigenvalue weighted by atomic mass is 19.4. The second kappa shape index (κ2) is 10.3. The number of rotatable bonds is 6. The number of nitrogens with zero attached hydrogens (tertiary/aromatic N) is 3. The van der Waals surface area contributed by atoms with E-state index in [2.05, 4.69) is 39.0 Å². The number of aromatic nitrogens is 1. The molecule has 0 unspecified atom stereocenters. The van der Waals surface area contributed by atoms with Gasteiger partial charge in [0.2, 0.25) is 5.91 Å². The summed E-state index contributed by atoms with van der Waals surface area (Å²) in [6, 6.07) is 4.36. The summed E-state index contributed by atoms with van der Waals surface area (Å²) in [7, 11) is 0. The van der Waals surface area contributed by atoms with Gasteiger partial charge >= 0.3 is 6.36 Å². The number of hydrogen-bond donors (Lipinski definition) is 1. The zero-order chi connectivity index (χ0) is 24.3. The smallest absolute Gasteiger partial charge is 0.410 e. The predicted molar refractivity (Wildman–Crippen MR) is 125 cm³/mol. The molecule has 1 aromatic heterocycles. The number of nitrogens with one attached hydrogen (secondary N) is 1. The number of alkyl halides is 3. The Morgan fingerprint density at radius 2 is 1.91 bits per heavy atom. The number of ether oxygens (including phenoxy) is 1. The number of pyridine rings is 1. The number of allylic oxidation sites excluding steroid dienone is 3. The first kappa shape index (κ1) is 24.4. The monoisotopic (exact) mass is 478 g/mol. The fourth-order valence-electron chi connectivity index (χ4n) is 4.84. The van der Waals surface area contributed by atoms with Gasteiger partial charge in [-0.2, -0.15) is 0 Å². The third kappa shape index (κ3) is 6.67. The summed E-state index contributed by atoms with van der Waals surface area (Å²) in [6.07, 6.45) is 2.23. The Kier molecular flexibility index (Phi) is 7.38. The molecule has 186 valence electrons. The van der Waals surface area contributed by atoms with Gasteiger partial charge in [-0.15, -0.1) is 13.2 Å². The van der Waals surface area contributed by atoms with Crippen molar-refractivity contribution in [1.29, 1.82) is 0 Å². The summed E-state index contributed by atoms with van der Waals surface area (Å²) in [5.74, 6) is 1.50. The molecule has 1 aliphatic carbocycles. The lowest BCUT2D eigenvalue weighted by Crippen LogP contribution is -2.33. The van der Waals surface area contributed by atoms with E-state index in [1.165, 1.54) is 24.6 Å². The molecule has 0 radical (unpaired) electrons. The number of piperidine rings is 1. The summed E-state index contributed by atoms with van der Waals surface area (Å²) >= 11 is 0. The molecule has 1 amide bonds. The molecule has 3 aliphatic rings. The number of aryl methyl sites for hydroxylation is 1. The molecule has 0 saturated carbocycles. The maximum Gasteiger partial charge on any atom is 0.572 e. The molecule has 1 aromatic rings. The van der Waals surface area contributed by atoms with Crippen molar-refractivity contribution < 1.29 is 22.7 Å². The van der Waals surface area contributed by atoms with Crippen molar-refractivity contribution in [3.05, 3.63) is 41.3 Å². The van der Waals surface area contributed by atoms with Crippen LogP contribution in [0.1, 0.15) is 51.1 Å². The van der Waals surface area contributed by atoms with Gasteiger partial charge in [0.1, 0.15) is 11.6 Å². The van der Waals surface area contributed by atoms with Crippen LogP contribution in [-0.4, -0.2) is 54.4 Å². The zero-order valence-corrected chi connectivity index (χ0v) is 19.8. The molecule has 4 rings (SSSR count). The Morgan fingerprint density at radius 1 is 1.15 bits per heavy atom. The van der Waals surface area contributed by atoms with E-state index < -0.39 is 6.36 Å². The number of carbonyl (C=O) groups excluding carboxylic acids is 1. The van der Waals surface area contributed by atoms with Gasteiger partial charge in [-0.1, -0.05) is 18.6 Å². The summed E-state index contributed by atoms with van der Waals surface area (Å²) in [5.41, 5.74) is 2.99. The van der Waals surface area contributed by atoms with Crippen LogP contribution in [-0.2, 0) is 9.53 Å². The van der Waals surface area contributed by atoms with Crippen molar-refractivity contribution in [2.24, 2.45) is 5.92 Å². The van der Waals surface area contributed by atoms with E-state index in [1.807, 2.05) is 11.8 Å². The first-order valence-corrected chi connectivity index (χ1v) is 12.1. The number of hydrogen-bond acceptors (Lipinski definition) is 5. The summed E-state index contributed by atoms with van der Waals surface area (Å²) in [4.78, 5) is 21.7. The lowest BCUT2D eigenvalue weighted by molar-refractivity contribution is -0.306. The van der Waals surface area contributed by atoms with Crippen molar-refractivity contribution in [3.63, 3.8) is 0 Å². The highest BCUT2D eigenvalue weighted by molar-refractivity contribution is 5.79. The van der Waals surface area contributed by atoms with Crippen LogP contribution < -0.4 is 10.2 Å². The summed E-state index contributed by atoms with van der Waals surface area (Å²) < 4.78 is 41.0. The normalized spacial score (nSPS) is 21.9. The van der Waals surface area contributed by atoms with E-state index >= 15 is 0 Å². The molecule has 3 heterocycles. The van der Waals surface area contributed by atoms with Crippen molar-refractivity contribution in [1.82, 2.24) is 9.88 Å². The molecule has 1 atom stereocenters. The minimum Gasteiger partial charge on any atom is -0.410 e. The van der Waals surface area contributed by atoms with Crippen molar-refractivity contribution >= 4 is 17.4 Å². The third-order valence-electron chi connectivity index (χ3n) is 6.80. The van der Waals surface area contributed by atoms with E-state index in [0.29, 0.717) is 19.5 Å². The Balaban J connectivity index is 1.30. The maximum atomic E-state index is 12.8. The fraction of sp³-hybridized carbons (Fsp3) is 0.600. The van der Waals surface area contributed by atoms with Crippen LogP contribution >= 0.6 is 0 Å². The average molecular weight is 479 g/mol. The lowest BCUT2D eigenvalue weighted by Gasteiger charge is -2.32. The third-order valence-corrected chi connectivity index (χ3v) is 6.80. The van der Waals surface area contributed by atoms with Gasteiger partial charge in [0.15, 0.2) is 0 Å². The number of likely N-dealkylation sites (tertiary alicyclic amines) is 1. The van der Waals surface area contributed by atoms with Gasteiger partial charge in [0.05, 0.1) is 0 Å². The van der Waals surface area contributed by atoms with Crippen molar-refractivity contribution in [3.8, 4) is 0 Å². The van der Waals surface area contributed by atoms with Crippen LogP contribution in [0.3, 0.4) is 0 Å². The van der Waals surface area contributed by atoms with E-state index in [4.69, 9.17) is 0 Å². The number of anilines is 2. The molecule has 2 fully saturated rings. The van der Waals surface area contributed by atoms with Gasteiger partial charge in [0.25, 0.3) is 0 Å². The molecule has 0 aromatic carbocycles. The largest absolute Gasteiger partial charge is 0.572 e. The van der Waals surface area contributed by atoms with E-state index in [9.17, 15) is 18.0 Å². The minimum atomic E-state index is -4.68. The summed E-state index contributed by atoms with van der Waals surface area (Å²) in [6.45, 7) is 7.68. The standard InChI is InChI=1S/C25H33F3N4O2/c1-17-7-10-31(11-8-17)21-13-18(2)29-23(15-21)30-20-9-12-32(16-20)24(33)14-19-3-5-22(6-4-19)34-25(26,27)28/h3,5,13,15,17,20H,4,6-12,14,16H2,1-2H3,(H,29,30)/t20-/m0/s1. The highest BCUT2D eigenvalue weighted by Crippen LogP contribution is 2.29. The molecule has 2 saturated heterocycles. The quantitative estimate of drug-likeness (QED) is 0.611. The number of halogens is 3. The van der Waals surface area contributed by atoms with Gasteiger partial charge in [-0.25, -0.2) is 4.98 Å². The first-order chi connectivity index (χ1) is 16.1. The van der Waals surface area contributed by atoms with Gasteiger partial charge in [-0.3, -0.25) is 4.79 Å². The Bertz CT molecular complexity index is 952. The molecule has 6 nitrogen and oxygen atoms in total. The Hall–Kier alpha value is -2.71. The van der Waals surface area contributed by atoms with E-state index in [1.54, 1.807) is 6.08 Å². The highest BCUT2D eigenvalue weighted by Gasteiger charge is 2.33. The van der Waals surface area contributed by atoms with Crippen LogP contribution in [0.25, 0.3) is 0 Å². The molecule has 2 aliphatic heterocycles. The Labute approximate surface area is 198 Å². The summed E-state index contributed by atoms with van der Waals surface area (Å²) in [5, 5.41) is 3.51. The Morgan fingerprint density at radius 3 is 2.59 bits per heavy atom. The average Bonchev–Trinajstić information content (AvgIpc) is 3.23. The number of amides is 1. The van der Waals surface area contributed by atoms with Crippen LogP contribution in [0.4, 0.5) is 24.7 Å². The second-order valence-corrected chi connectivity index (χ2v) is 9.67. The van der Waals surface area contributed by atoms with E-state index in [0.717, 1.165) is 42.5 Å². The topological polar surface area (TPSA) is 57.7 Å². The van der Waals surface area contributed by atoms with Crippen LogP contribution in [0.15, 0.2) is 35.6 Å². The molecule has 34 heavy (non-hydrogen) atoms. The van der Waals surface area contributed by atoms with Crippen LogP contribution in [0.5, 0.6) is 0 Å². The lowest BCUT2D eigenvalue weighted by atomic mass is 9.99. The van der Waals surface area contributed by atoms with E-state index in [-0.39, 0.29) is 30.5 Å². The molecule has 0 bridgehead atoms. The SMILES string of the molecule is Cc1cc(N2CCC(C)CC2)cc(N[C@H]2CCN(C(=O)CC3=CC=C(OC(F)(F)F)CC3)C2)n1. The first-order valence-electron chi connectivity index (χ1n) is 12.1. The molecule has 9 heteroatoms. The molecular weight excluding hydrogens is 445 g/mol. The maximum absolute atomic E-state index is 12.8. The number of carbonyl (C=O) groups is 1. The van der Waals surface area contributed by atoms with Gasteiger partial charge in [0, 0.05) is 62.5 Å². The predicted octanol–water partition coefficient (Wildman–Crippen LogP) is 5.17. The van der Waals surface area contributed by atoms with Crippen molar-refractivity contribution in [2.75, 3.05) is 36.4 Å². The van der Waals surface area contributed by atoms with Crippen LogP contribution in [0.2, 0.25) is 0 Å². The molecular formula is C25H33F3N4O2. The van der Waals surface area contributed by atoms with Gasteiger partial charge in [-0.05, 0) is 50.7 Å². The van der Waals surface area contributed by atoms with Crippen molar-refractivity contribution in [2.45, 2.75) is 64.8 Å². The van der Waals surface area contributed by atoms with Crippen LogP contribution in [0, 0.1) is 12.8 Å². The zero-order valence-electron chi connectivity index (χ0n) is 19.8. The second-order valence-electron chi connectivity index (χ2n) is 9.67. The molecule has 1 N–H and O–H groups in total. The molecule has 0 spiro atoms. The van der Waals surface area contributed by atoms with Gasteiger partial charge < -0.3 is 19.9 Å². The fourth-order valence-corrected chi connectivity index (χ4v) is 4.84. The minimum absolute atomic E-state index is 0.00414.